The van der Waals surface area contributed by atoms with Crippen molar-refractivity contribution in [2.75, 3.05) is 31.0 Å². The molecule has 2 rings (SSSR count). The number of hydrogen-bond donors (Lipinski definition) is 2. The Kier molecular flexibility index (Phi) is 4.20. The lowest BCUT2D eigenvalue weighted by Crippen LogP contribution is -2.43. The molecule has 7 nitrogen and oxygen atoms in total. The van der Waals surface area contributed by atoms with Gasteiger partial charge >= 0.3 is 10.2 Å². The van der Waals surface area contributed by atoms with Crippen LogP contribution in [0.4, 0.5) is 5.82 Å². The molecule has 1 aromatic rings. The zero-order valence-corrected chi connectivity index (χ0v) is 11.2. The number of rotatable bonds is 5. The van der Waals surface area contributed by atoms with E-state index in [0.717, 1.165) is 18.5 Å². The smallest absolute Gasteiger partial charge is 0.303 e. The molecule has 0 radical (unpaired) electrons. The molecule has 0 atom stereocenters. The van der Waals surface area contributed by atoms with Crippen molar-refractivity contribution >= 4 is 16.0 Å². The first-order chi connectivity index (χ1) is 8.62. The summed E-state index contributed by atoms with van der Waals surface area (Å²) in [6, 6.07) is 1.72. The monoisotopic (exact) mass is 274 g/mol. The van der Waals surface area contributed by atoms with Crippen molar-refractivity contribution in [1.82, 2.24) is 14.5 Å². The molecule has 1 aliphatic heterocycles. The third kappa shape index (κ3) is 3.21. The molecule has 2 heterocycles. The molecule has 0 aromatic carbocycles. The minimum Gasteiger partial charge on any atom is -0.379 e. The molecule has 0 amide bonds. The molecule has 18 heavy (non-hydrogen) atoms. The van der Waals surface area contributed by atoms with E-state index in [1.165, 1.54) is 4.31 Å². The summed E-state index contributed by atoms with van der Waals surface area (Å²) >= 11 is 0. The number of aromatic nitrogens is 2. The van der Waals surface area contributed by atoms with Crippen molar-refractivity contribution < 1.29 is 13.2 Å². The molecule has 1 aromatic heterocycles. The van der Waals surface area contributed by atoms with Gasteiger partial charge in [0.1, 0.15) is 0 Å². The Balaban J connectivity index is 2.01. The molecular formula is C10H18N4O3S. The van der Waals surface area contributed by atoms with Gasteiger partial charge in [-0.25, -0.2) is 0 Å². The van der Waals surface area contributed by atoms with Gasteiger partial charge in [0.15, 0.2) is 5.82 Å². The van der Waals surface area contributed by atoms with E-state index in [-0.39, 0.29) is 0 Å². The highest BCUT2D eigenvalue weighted by molar-refractivity contribution is 7.90. The fourth-order valence-electron chi connectivity index (χ4n) is 1.79. The fourth-order valence-corrected chi connectivity index (χ4v) is 2.92. The van der Waals surface area contributed by atoms with Gasteiger partial charge in [-0.3, -0.25) is 9.82 Å². The van der Waals surface area contributed by atoms with Crippen LogP contribution in [0.3, 0.4) is 0 Å². The van der Waals surface area contributed by atoms with E-state index in [1.807, 2.05) is 0 Å². The lowest BCUT2D eigenvalue weighted by atomic mass is 10.2. The Labute approximate surface area is 107 Å². The highest BCUT2D eigenvalue weighted by Crippen LogP contribution is 2.12. The van der Waals surface area contributed by atoms with Crippen LogP contribution in [0.5, 0.6) is 0 Å². The molecule has 0 aliphatic carbocycles. The van der Waals surface area contributed by atoms with E-state index in [9.17, 15) is 8.42 Å². The highest BCUT2D eigenvalue weighted by Gasteiger charge is 2.24. The van der Waals surface area contributed by atoms with Crippen molar-refractivity contribution in [1.29, 1.82) is 0 Å². The van der Waals surface area contributed by atoms with Gasteiger partial charge in [0, 0.05) is 24.8 Å². The number of aryl methyl sites for hydroxylation is 1. The molecule has 8 heteroatoms. The lowest BCUT2D eigenvalue weighted by molar-refractivity contribution is 0.0733. The van der Waals surface area contributed by atoms with Crippen LogP contribution in [0.25, 0.3) is 0 Å². The minimum atomic E-state index is -3.52. The first-order valence-electron chi connectivity index (χ1n) is 6.02. The van der Waals surface area contributed by atoms with Crippen molar-refractivity contribution in [3.63, 3.8) is 0 Å². The average molecular weight is 274 g/mol. The SMILES string of the molecule is CCCc1cc(NS(=O)(=O)N2CCOCC2)n[nH]1. The fraction of sp³-hybridized carbons (Fsp3) is 0.700. The van der Waals surface area contributed by atoms with E-state index >= 15 is 0 Å². The molecular weight excluding hydrogens is 256 g/mol. The summed E-state index contributed by atoms with van der Waals surface area (Å²) in [5.41, 5.74) is 0.928. The number of anilines is 1. The van der Waals surface area contributed by atoms with Crippen molar-refractivity contribution in [3.8, 4) is 0 Å². The van der Waals surface area contributed by atoms with E-state index in [0.29, 0.717) is 32.1 Å². The van der Waals surface area contributed by atoms with Crippen molar-refractivity contribution in [2.45, 2.75) is 19.8 Å². The molecule has 0 saturated carbocycles. The molecule has 0 unspecified atom stereocenters. The maximum absolute atomic E-state index is 12.0. The van der Waals surface area contributed by atoms with Gasteiger partial charge in [-0.2, -0.15) is 17.8 Å². The molecule has 102 valence electrons. The summed E-state index contributed by atoms with van der Waals surface area (Å²) in [5.74, 6) is 0.338. The molecule has 2 N–H and O–H groups in total. The normalized spacial score (nSPS) is 17.8. The van der Waals surface area contributed by atoms with E-state index in [1.54, 1.807) is 6.07 Å². The summed E-state index contributed by atoms with van der Waals surface area (Å²) in [6.45, 7) is 3.67. The summed E-state index contributed by atoms with van der Waals surface area (Å²) in [5, 5.41) is 6.75. The Morgan fingerprint density at radius 2 is 2.22 bits per heavy atom. The Morgan fingerprint density at radius 1 is 1.50 bits per heavy atom. The second-order valence-electron chi connectivity index (χ2n) is 4.15. The van der Waals surface area contributed by atoms with Crippen molar-refractivity contribution in [2.24, 2.45) is 0 Å². The van der Waals surface area contributed by atoms with E-state index in [4.69, 9.17) is 4.74 Å². The minimum absolute atomic E-state index is 0.338. The number of morpholine rings is 1. The van der Waals surface area contributed by atoms with Crippen LogP contribution >= 0.6 is 0 Å². The average Bonchev–Trinajstić information content (AvgIpc) is 2.77. The quantitative estimate of drug-likeness (QED) is 0.811. The zero-order chi connectivity index (χ0) is 13.0. The van der Waals surface area contributed by atoms with Gasteiger partial charge < -0.3 is 4.74 Å². The largest absolute Gasteiger partial charge is 0.379 e. The first-order valence-corrected chi connectivity index (χ1v) is 7.46. The van der Waals surface area contributed by atoms with Gasteiger partial charge in [-0.15, -0.1) is 0 Å². The summed E-state index contributed by atoms with van der Waals surface area (Å²) in [6.07, 6.45) is 1.84. The van der Waals surface area contributed by atoms with Gasteiger partial charge in [-0.05, 0) is 6.42 Å². The predicted molar refractivity (Wildman–Crippen MR) is 67.5 cm³/mol. The van der Waals surface area contributed by atoms with Gasteiger partial charge in [0.2, 0.25) is 0 Å². The number of nitrogens with zero attached hydrogens (tertiary/aromatic N) is 2. The summed E-state index contributed by atoms with van der Waals surface area (Å²) in [4.78, 5) is 0. The molecule has 1 saturated heterocycles. The second kappa shape index (κ2) is 5.68. The van der Waals surface area contributed by atoms with Gasteiger partial charge in [0.25, 0.3) is 0 Å². The Hall–Kier alpha value is -1.12. The van der Waals surface area contributed by atoms with Crippen molar-refractivity contribution in [3.05, 3.63) is 11.8 Å². The van der Waals surface area contributed by atoms with Crippen LogP contribution in [-0.2, 0) is 21.4 Å². The van der Waals surface area contributed by atoms with Gasteiger partial charge in [-0.1, -0.05) is 13.3 Å². The van der Waals surface area contributed by atoms with E-state index < -0.39 is 10.2 Å². The maximum atomic E-state index is 12.0. The third-order valence-electron chi connectivity index (χ3n) is 2.69. The molecule has 0 spiro atoms. The Morgan fingerprint density at radius 3 is 2.89 bits per heavy atom. The van der Waals surface area contributed by atoms with Crippen LogP contribution in [-0.4, -0.2) is 49.2 Å². The number of aromatic amines is 1. The highest BCUT2D eigenvalue weighted by atomic mass is 32.2. The maximum Gasteiger partial charge on any atom is 0.303 e. The van der Waals surface area contributed by atoms with Crippen LogP contribution in [0.2, 0.25) is 0 Å². The molecule has 1 aliphatic rings. The van der Waals surface area contributed by atoms with Crippen LogP contribution in [0, 0.1) is 0 Å². The van der Waals surface area contributed by atoms with Crippen LogP contribution in [0.1, 0.15) is 19.0 Å². The third-order valence-corrected chi connectivity index (χ3v) is 4.21. The summed E-state index contributed by atoms with van der Waals surface area (Å²) < 4.78 is 33.0. The Bertz CT molecular complexity index is 479. The lowest BCUT2D eigenvalue weighted by Gasteiger charge is -2.25. The first kappa shape index (κ1) is 13.3. The standard InChI is InChI=1S/C10H18N4O3S/c1-2-3-9-8-10(12-11-9)13-18(15,16)14-4-6-17-7-5-14/h8H,2-7H2,1H3,(H2,11,12,13). The second-order valence-corrected chi connectivity index (χ2v) is 5.82. The van der Waals surface area contributed by atoms with E-state index in [2.05, 4.69) is 21.8 Å². The van der Waals surface area contributed by atoms with Crippen LogP contribution in [0.15, 0.2) is 6.07 Å². The number of ether oxygens (including phenoxy) is 1. The molecule has 0 bridgehead atoms. The number of H-pyrrole nitrogens is 1. The molecule has 1 fully saturated rings. The topological polar surface area (TPSA) is 87.3 Å². The van der Waals surface area contributed by atoms with Crippen LogP contribution < -0.4 is 4.72 Å². The van der Waals surface area contributed by atoms with Gasteiger partial charge in [0.05, 0.1) is 13.2 Å². The summed E-state index contributed by atoms with van der Waals surface area (Å²) in [7, 11) is -3.52. The zero-order valence-electron chi connectivity index (χ0n) is 10.3. The number of hydrogen-bond acceptors (Lipinski definition) is 4. The number of nitrogens with one attached hydrogen (secondary N) is 2. The predicted octanol–water partition coefficient (Wildman–Crippen LogP) is 0.351.